The summed E-state index contributed by atoms with van der Waals surface area (Å²) in [4.78, 5) is 2.43. The van der Waals surface area contributed by atoms with Crippen LogP contribution in [0.15, 0.2) is 48.0 Å². The number of rotatable bonds is 5. The maximum absolute atomic E-state index is 6.21. The van der Waals surface area contributed by atoms with Crippen LogP contribution in [-0.4, -0.2) is 34.4 Å². The van der Waals surface area contributed by atoms with Gasteiger partial charge in [-0.25, -0.2) is 0 Å². The molecule has 0 saturated carbocycles. The van der Waals surface area contributed by atoms with Crippen molar-refractivity contribution in [2.45, 2.75) is 26.9 Å². The molecule has 6 heteroatoms. The summed E-state index contributed by atoms with van der Waals surface area (Å²) in [5, 5.41) is 8.03. The second-order valence-corrected chi connectivity index (χ2v) is 8.92. The minimum absolute atomic E-state index is 0.613. The van der Waals surface area contributed by atoms with Gasteiger partial charge in [0.05, 0.1) is 12.3 Å². The van der Waals surface area contributed by atoms with Gasteiger partial charge in [0.25, 0.3) is 0 Å². The van der Waals surface area contributed by atoms with Crippen molar-refractivity contribution in [1.82, 2.24) is 14.7 Å². The summed E-state index contributed by atoms with van der Waals surface area (Å²) in [6, 6.07) is 13.0. The first-order valence-electron chi connectivity index (χ1n) is 10.7. The highest BCUT2D eigenvalue weighted by molar-refractivity contribution is 7.17. The molecule has 0 atom stereocenters. The summed E-state index contributed by atoms with van der Waals surface area (Å²) in [7, 11) is 1.98. The Kier molecular flexibility index (Phi) is 5.42. The molecule has 0 radical (unpaired) electrons. The smallest absolute Gasteiger partial charge is 0.165 e. The van der Waals surface area contributed by atoms with Gasteiger partial charge in [-0.3, -0.25) is 9.58 Å². The van der Waals surface area contributed by atoms with E-state index in [1.54, 1.807) is 11.3 Å². The first kappa shape index (κ1) is 20.1. The average Bonchev–Trinajstić information content (AvgIpc) is 3.24. The van der Waals surface area contributed by atoms with Gasteiger partial charge < -0.3 is 9.47 Å². The lowest BCUT2D eigenvalue weighted by Crippen LogP contribution is -2.25. The topological polar surface area (TPSA) is 39.5 Å². The van der Waals surface area contributed by atoms with E-state index >= 15 is 0 Å². The molecular weight excluding hydrogens is 406 g/mol. The van der Waals surface area contributed by atoms with Crippen molar-refractivity contribution < 1.29 is 9.47 Å². The van der Waals surface area contributed by atoms with E-state index in [2.05, 4.69) is 64.9 Å². The molecular formula is C25H27N3O2S. The zero-order chi connectivity index (χ0) is 21.4. The summed E-state index contributed by atoms with van der Waals surface area (Å²) in [6.45, 7) is 7.90. The zero-order valence-corrected chi connectivity index (χ0v) is 19.0. The first-order valence-corrected chi connectivity index (χ1v) is 11.6. The predicted octanol–water partition coefficient (Wildman–Crippen LogP) is 5.40. The second kappa shape index (κ2) is 8.36. The fourth-order valence-electron chi connectivity index (χ4n) is 4.34. The van der Waals surface area contributed by atoms with Crippen LogP contribution < -0.4 is 9.47 Å². The highest BCUT2D eigenvalue weighted by Gasteiger charge is 2.22. The SMILES string of the molecule is CCOc1cc(-c2csc3ccccc23)cc2c1OCCN(Cc1cn(C)nc1C)C2. The third-order valence-corrected chi connectivity index (χ3v) is 6.74. The van der Waals surface area contributed by atoms with Gasteiger partial charge in [-0.05, 0) is 43.0 Å². The minimum atomic E-state index is 0.613. The molecule has 5 rings (SSSR count). The van der Waals surface area contributed by atoms with Crippen molar-refractivity contribution >= 4 is 21.4 Å². The number of hydrogen-bond acceptors (Lipinski definition) is 5. The van der Waals surface area contributed by atoms with Crippen molar-refractivity contribution in [3.63, 3.8) is 0 Å². The number of aryl methyl sites for hydroxylation is 2. The first-order chi connectivity index (χ1) is 15.1. The fourth-order valence-corrected chi connectivity index (χ4v) is 5.31. The van der Waals surface area contributed by atoms with Gasteiger partial charge in [0.15, 0.2) is 11.5 Å². The van der Waals surface area contributed by atoms with Crippen LogP contribution in [0.4, 0.5) is 0 Å². The molecule has 0 fully saturated rings. The van der Waals surface area contributed by atoms with Crippen LogP contribution in [0.1, 0.15) is 23.7 Å². The van der Waals surface area contributed by atoms with Gasteiger partial charge in [0, 0.05) is 59.7 Å². The lowest BCUT2D eigenvalue weighted by atomic mass is 10.0. The number of thiophene rings is 1. The summed E-state index contributed by atoms with van der Waals surface area (Å²) in [5.41, 5.74) is 5.96. The van der Waals surface area contributed by atoms with E-state index in [-0.39, 0.29) is 0 Å². The van der Waals surface area contributed by atoms with Gasteiger partial charge in [0.2, 0.25) is 0 Å². The Morgan fingerprint density at radius 1 is 1.23 bits per heavy atom. The van der Waals surface area contributed by atoms with E-state index < -0.39 is 0 Å². The Morgan fingerprint density at radius 3 is 2.90 bits per heavy atom. The number of hydrogen-bond donors (Lipinski definition) is 0. The molecule has 0 unspecified atom stereocenters. The molecule has 2 aromatic carbocycles. The van der Waals surface area contributed by atoms with Gasteiger partial charge in [0.1, 0.15) is 6.61 Å². The van der Waals surface area contributed by atoms with Crippen molar-refractivity contribution in [3.8, 4) is 22.6 Å². The van der Waals surface area contributed by atoms with E-state index in [0.717, 1.165) is 36.8 Å². The van der Waals surface area contributed by atoms with Crippen LogP contribution in [0, 0.1) is 6.92 Å². The Balaban J connectivity index is 1.54. The van der Waals surface area contributed by atoms with E-state index in [1.807, 2.05) is 18.7 Å². The Morgan fingerprint density at radius 2 is 2.10 bits per heavy atom. The number of benzene rings is 2. The van der Waals surface area contributed by atoms with E-state index in [9.17, 15) is 0 Å². The average molecular weight is 434 g/mol. The third kappa shape index (κ3) is 3.93. The largest absolute Gasteiger partial charge is 0.490 e. The summed E-state index contributed by atoms with van der Waals surface area (Å²) in [5.74, 6) is 1.72. The Labute approximate surface area is 186 Å². The quantitative estimate of drug-likeness (QED) is 0.422. The molecule has 4 aromatic rings. The van der Waals surface area contributed by atoms with Crippen molar-refractivity contribution in [2.75, 3.05) is 19.8 Å². The minimum Gasteiger partial charge on any atom is -0.490 e. The van der Waals surface area contributed by atoms with E-state index in [4.69, 9.17) is 9.47 Å². The van der Waals surface area contributed by atoms with Crippen molar-refractivity contribution in [1.29, 1.82) is 0 Å². The molecule has 2 aromatic heterocycles. The summed E-state index contributed by atoms with van der Waals surface area (Å²) < 4.78 is 15.4. The number of fused-ring (bicyclic) bond motifs is 2. The lowest BCUT2D eigenvalue weighted by molar-refractivity contribution is 0.215. The fraction of sp³-hybridized carbons (Fsp3) is 0.320. The van der Waals surface area contributed by atoms with Crippen LogP contribution in [0.3, 0.4) is 0 Å². The maximum Gasteiger partial charge on any atom is 0.165 e. The number of aromatic nitrogens is 2. The molecule has 0 saturated heterocycles. The monoisotopic (exact) mass is 433 g/mol. The van der Waals surface area contributed by atoms with Crippen LogP contribution in [0.2, 0.25) is 0 Å². The third-order valence-electron chi connectivity index (χ3n) is 5.78. The highest BCUT2D eigenvalue weighted by Crippen LogP contribution is 2.42. The molecule has 5 nitrogen and oxygen atoms in total. The summed E-state index contributed by atoms with van der Waals surface area (Å²) >= 11 is 1.78. The van der Waals surface area contributed by atoms with Crippen LogP contribution in [-0.2, 0) is 20.1 Å². The van der Waals surface area contributed by atoms with E-state index in [0.29, 0.717) is 13.2 Å². The molecule has 3 heterocycles. The molecule has 160 valence electrons. The number of ether oxygens (including phenoxy) is 2. The summed E-state index contributed by atoms with van der Waals surface area (Å²) in [6.07, 6.45) is 2.11. The van der Waals surface area contributed by atoms with Crippen molar-refractivity contribution in [3.05, 3.63) is 64.8 Å². The van der Waals surface area contributed by atoms with Gasteiger partial charge in [-0.15, -0.1) is 11.3 Å². The van der Waals surface area contributed by atoms with Crippen LogP contribution in [0.5, 0.6) is 11.5 Å². The van der Waals surface area contributed by atoms with Gasteiger partial charge in [-0.1, -0.05) is 18.2 Å². The van der Waals surface area contributed by atoms with Crippen LogP contribution in [0.25, 0.3) is 21.2 Å². The normalized spacial score (nSPS) is 14.3. The molecule has 0 spiro atoms. The van der Waals surface area contributed by atoms with Gasteiger partial charge >= 0.3 is 0 Å². The molecule has 0 amide bonds. The molecule has 0 aliphatic carbocycles. The zero-order valence-electron chi connectivity index (χ0n) is 18.2. The molecule has 1 aliphatic heterocycles. The molecule has 0 N–H and O–H groups in total. The molecule has 1 aliphatic rings. The number of nitrogens with zero attached hydrogens (tertiary/aromatic N) is 3. The molecule has 31 heavy (non-hydrogen) atoms. The van der Waals surface area contributed by atoms with Crippen molar-refractivity contribution in [2.24, 2.45) is 7.05 Å². The Hall–Kier alpha value is -2.83. The lowest BCUT2D eigenvalue weighted by Gasteiger charge is -2.19. The molecule has 0 bridgehead atoms. The van der Waals surface area contributed by atoms with E-state index in [1.165, 1.54) is 32.3 Å². The predicted molar refractivity (Wildman–Crippen MR) is 126 cm³/mol. The van der Waals surface area contributed by atoms with Gasteiger partial charge in [-0.2, -0.15) is 5.10 Å². The Bertz CT molecular complexity index is 1230. The maximum atomic E-state index is 6.21. The van der Waals surface area contributed by atoms with Crippen LogP contribution >= 0.6 is 11.3 Å². The highest BCUT2D eigenvalue weighted by atomic mass is 32.1. The second-order valence-electron chi connectivity index (χ2n) is 8.01. The standard InChI is InChI=1S/C25H27N3O2S/c1-4-29-23-12-18(22-16-31-24-8-6-5-7-21(22)24)11-19-14-28(9-10-30-25(19)23)15-20-13-27(3)26-17(20)2/h5-8,11-13,16H,4,9-10,14-15H2,1-3H3.